The second-order valence-corrected chi connectivity index (χ2v) is 5.99. The van der Waals surface area contributed by atoms with Crippen LogP contribution < -0.4 is 10.6 Å². The molecule has 1 aromatic rings. The summed E-state index contributed by atoms with van der Waals surface area (Å²) in [7, 11) is 0. The van der Waals surface area contributed by atoms with Gasteiger partial charge in [0.05, 0.1) is 17.4 Å². The van der Waals surface area contributed by atoms with E-state index < -0.39 is 0 Å². The van der Waals surface area contributed by atoms with Crippen LogP contribution in [-0.2, 0) is 0 Å². The minimum Gasteiger partial charge on any atom is -0.341 e. The van der Waals surface area contributed by atoms with Gasteiger partial charge in [-0.15, -0.1) is 0 Å². The first-order valence-corrected chi connectivity index (χ1v) is 7.27. The van der Waals surface area contributed by atoms with Crippen LogP contribution in [0.15, 0.2) is 12.4 Å². The smallest absolute Gasteiger partial charge is 0.225 e. The average molecular weight is 273 g/mol. The lowest BCUT2D eigenvalue weighted by Gasteiger charge is -2.40. The van der Waals surface area contributed by atoms with Gasteiger partial charge in [-0.25, -0.2) is 9.97 Å². The summed E-state index contributed by atoms with van der Waals surface area (Å²) >= 11 is 7.66. The molecule has 0 aromatic carbocycles. The van der Waals surface area contributed by atoms with E-state index in [1.807, 2.05) is 11.8 Å². The van der Waals surface area contributed by atoms with Crippen molar-refractivity contribution in [3.8, 4) is 0 Å². The van der Waals surface area contributed by atoms with E-state index in [-0.39, 0.29) is 4.75 Å². The monoisotopic (exact) mass is 272 g/mol. The SMILES string of the molecule is CSC1(CN)CCN(c2ncc(Cl)cn2)CC1. The third kappa shape index (κ3) is 2.84. The highest BCUT2D eigenvalue weighted by atomic mass is 35.5. The molecule has 0 atom stereocenters. The number of rotatable bonds is 3. The highest BCUT2D eigenvalue weighted by Crippen LogP contribution is 2.34. The summed E-state index contributed by atoms with van der Waals surface area (Å²) in [4.78, 5) is 10.7. The highest BCUT2D eigenvalue weighted by Gasteiger charge is 2.33. The maximum atomic E-state index is 5.86. The summed E-state index contributed by atoms with van der Waals surface area (Å²) in [6.45, 7) is 2.66. The maximum absolute atomic E-state index is 5.86. The first-order chi connectivity index (χ1) is 8.19. The molecule has 1 aliphatic rings. The van der Waals surface area contributed by atoms with Crippen molar-refractivity contribution in [2.24, 2.45) is 5.73 Å². The molecule has 0 unspecified atom stereocenters. The van der Waals surface area contributed by atoms with Crippen LogP contribution in [-0.4, -0.2) is 40.6 Å². The zero-order valence-corrected chi connectivity index (χ0v) is 11.5. The summed E-state index contributed by atoms with van der Waals surface area (Å²) in [5.74, 6) is 0.765. The van der Waals surface area contributed by atoms with Crippen molar-refractivity contribution in [3.63, 3.8) is 0 Å². The standard InChI is InChI=1S/C11H17ClN4S/c1-17-11(8-13)2-4-16(5-3-11)10-14-6-9(12)7-15-10/h6-7H,2-5,8,13H2,1H3. The van der Waals surface area contributed by atoms with Crippen LogP contribution in [0.25, 0.3) is 0 Å². The number of anilines is 1. The van der Waals surface area contributed by atoms with E-state index in [1.54, 1.807) is 12.4 Å². The minimum absolute atomic E-state index is 0.239. The molecule has 2 heterocycles. The van der Waals surface area contributed by atoms with Crippen LogP contribution in [0.4, 0.5) is 5.95 Å². The summed E-state index contributed by atoms with van der Waals surface area (Å²) in [6.07, 6.45) is 7.58. The van der Waals surface area contributed by atoms with Gasteiger partial charge in [0.15, 0.2) is 0 Å². The van der Waals surface area contributed by atoms with Gasteiger partial charge in [-0.2, -0.15) is 11.8 Å². The van der Waals surface area contributed by atoms with Gasteiger partial charge < -0.3 is 10.6 Å². The zero-order chi connectivity index (χ0) is 12.3. The molecule has 0 saturated carbocycles. The number of hydrogen-bond acceptors (Lipinski definition) is 5. The van der Waals surface area contributed by atoms with E-state index in [0.717, 1.165) is 38.4 Å². The van der Waals surface area contributed by atoms with Crippen LogP contribution in [0.5, 0.6) is 0 Å². The molecule has 1 aliphatic heterocycles. The molecular formula is C11H17ClN4S. The van der Waals surface area contributed by atoms with Crippen LogP contribution in [0, 0.1) is 0 Å². The normalized spacial score (nSPS) is 19.4. The first-order valence-electron chi connectivity index (χ1n) is 5.67. The van der Waals surface area contributed by atoms with Gasteiger partial charge in [0.25, 0.3) is 0 Å². The summed E-state index contributed by atoms with van der Waals surface area (Å²) in [6, 6.07) is 0. The second-order valence-electron chi connectivity index (χ2n) is 4.28. The Hall–Kier alpha value is -0.520. The zero-order valence-electron chi connectivity index (χ0n) is 9.90. The van der Waals surface area contributed by atoms with E-state index in [0.29, 0.717) is 5.02 Å². The predicted octanol–water partition coefficient (Wildman–Crippen LogP) is 1.79. The van der Waals surface area contributed by atoms with E-state index in [1.165, 1.54) is 0 Å². The molecule has 0 bridgehead atoms. The Kier molecular flexibility index (Phi) is 4.12. The molecule has 2 rings (SSSR count). The van der Waals surface area contributed by atoms with Gasteiger partial charge in [-0.1, -0.05) is 11.6 Å². The molecule has 94 valence electrons. The average Bonchev–Trinajstić information content (AvgIpc) is 2.40. The number of aromatic nitrogens is 2. The van der Waals surface area contributed by atoms with Gasteiger partial charge in [0.1, 0.15) is 0 Å². The number of thioether (sulfide) groups is 1. The third-order valence-corrected chi connectivity index (χ3v) is 5.01. The van der Waals surface area contributed by atoms with Crippen molar-refractivity contribution in [2.75, 3.05) is 30.8 Å². The largest absolute Gasteiger partial charge is 0.341 e. The van der Waals surface area contributed by atoms with Gasteiger partial charge in [-0.05, 0) is 19.1 Å². The van der Waals surface area contributed by atoms with Crippen molar-refractivity contribution in [1.82, 2.24) is 9.97 Å². The van der Waals surface area contributed by atoms with E-state index in [9.17, 15) is 0 Å². The molecule has 0 aliphatic carbocycles. The van der Waals surface area contributed by atoms with Crippen LogP contribution >= 0.6 is 23.4 Å². The Labute approximate surface area is 111 Å². The molecule has 4 nitrogen and oxygen atoms in total. The second kappa shape index (κ2) is 5.42. The van der Waals surface area contributed by atoms with Crippen LogP contribution in [0.2, 0.25) is 5.02 Å². The molecule has 1 fully saturated rings. The van der Waals surface area contributed by atoms with E-state index >= 15 is 0 Å². The van der Waals surface area contributed by atoms with Crippen LogP contribution in [0.1, 0.15) is 12.8 Å². The molecule has 0 spiro atoms. The fraction of sp³-hybridized carbons (Fsp3) is 0.636. The quantitative estimate of drug-likeness (QED) is 0.909. The third-order valence-electron chi connectivity index (χ3n) is 3.37. The minimum atomic E-state index is 0.239. The topological polar surface area (TPSA) is 55.0 Å². The van der Waals surface area contributed by atoms with E-state index in [2.05, 4.69) is 21.1 Å². The number of nitrogens with zero attached hydrogens (tertiary/aromatic N) is 3. The lowest BCUT2D eigenvalue weighted by atomic mass is 9.96. The van der Waals surface area contributed by atoms with Gasteiger partial charge in [0.2, 0.25) is 5.95 Å². The lowest BCUT2D eigenvalue weighted by molar-refractivity contribution is 0.453. The first kappa shape index (κ1) is 12.9. The van der Waals surface area contributed by atoms with Crippen LogP contribution in [0.3, 0.4) is 0 Å². The molecule has 6 heteroatoms. The van der Waals surface area contributed by atoms with Crippen molar-refractivity contribution in [1.29, 1.82) is 0 Å². The highest BCUT2D eigenvalue weighted by molar-refractivity contribution is 8.00. The lowest BCUT2D eigenvalue weighted by Crippen LogP contribution is -2.47. The number of hydrogen-bond donors (Lipinski definition) is 1. The maximum Gasteiger partial charge on any atom is 0.225 e. The number of nitrogens with two attached hydrogens (primary N) is 1. The predicted molar refractivity (Wildman–Crippen MR) is 73.8 cm³/mol. The molecule has 0 radical (unpaired) electrons. The molecular weight excluding hydrogens is 256 g/mol. The van der Waals surface area contributed by atoms with E-state index in [4.69, 9.17) is 17.3 Å². The summed E-state index contributed by atoms with van der Waals surface area (Å²) in [5.41, 5.74) is 5.86. The van der Waals surface area contributed by atoms with Crippen molar-refractivity contribution in [2.45, 2.75) is 17.6 Å². The Bertz CT molecular complexity index is 356. The van der Waals surface area contributed by atoms with Crippen molar-refractivity contribution >= 4 is 29.3 Å². The van der Waals surface area contributed by atoms with Crippen molar-refractivity contribution < 1.29 is 0 Å². The summed E-state index contributed by atoms with van der Waals surface area (Å²) < 4.78 is 0.239. The summed E-state index contributed by atoms with van der Waals surface area (Å²) in [5, 5.41) is 0.575. The number of halogens is 1. The Balaban J connectivity index is 2.01. The number of piperidine rings is 1. The van der Waals surface area contributed by atoms with Gasteiger partial charge in [0, 0.05) is 24.4 Å². The molecule has 2 N–H and O–H groups in total. The Morgan fingerprint density at radius 2 is 2.00 bits per heavy atom. The molecule has 1 aromatic heterocycles. The fourth-order valence-electron chi connectivity index (χ4n) is 2.07. The Morgan fingerprint density at radius 1 is 1.41 bits per heavy atom. The molecule has 17 heavy (non-hydrogen) atoms. The molecule has 0 amide bonds. The van der Waals surface area contributed by atoms with Gasteiger partial charge >= 0.3 is 0 Å². The van der Waals surface area contributed by atoms with Gasteiger partial charge in [-0.3, -0.25) is 0 Å². The van der Waals surface area contributed by atoms with Crippen molar-refractivity contribution in [3.05, 3.63) is 17.4 Å². The fourth-order valence-corrected chi connectivity index (χ4v) is 2.93. The Morgan fingerprint density at radius 3 is 2.47 bits per heavy atom. The molecule has 1 saturated heterocycles.